The number of carbonyl (C=O) groups is 1. The first kappa shape index (κ1) is 13.7. The Balaban J connectivity index is 2.19. The number of hydrogen-bond donors (Lipinski definition) is 1. The Morgan fingerprint density at radius 2 is 2.17 bits per heavy atom. The van der Waals surface area contributed by atoms with Crippen LogP contribution in [0.15, 0.2) is 18.2 Å². The highest BCUT2D eigenvalue weighted by Gasteiger charge is 2.35. The molecule has 0 aliphatic heterocycles. The average molecular weight is 287 g/mol. The number of nitrogens with two attached hydrogens (primary N) is 1. The summed E-state index contributed by atoms with van der Waals surface area (Å²) >= 11 is 11.9. The maximum Gasteiger partial charge on any atom is 0.255 e. The zero-order valence-corrected chi connectivity index (χ0v) is 11.7. The van der Waals surface area contributed by atoms with E-state index in [2.05, 4.69) is 0 Å². The summed E-state index contributed by atoms with van der Waals surface area (Å²) in [5.41, 5.74) is 6.22. The molecule has 1 unspecified atom stereocenters. The second-order valence-electron chi connectivity index (χ2n) is 4.68. The van der Waals surface area contributed by atoms with E-state index in [1.807, 2.05) is 0 Å². The average Bonchev–Trinajstić information content (AvgIpc) is 3.13. The third-order valence-corrected chi connectivity index (χ3v) is 3.93. The molecule has 2 N–H and O–H groups in total. The van der Waals surface area contributed by atoms with Crippen LogP contribution >= 0.6 is 23.2 Å². The molecule has 1 amide bonds. The van der Waals surface area contributed by atoms with Gasteiger partial charge >= 0.3 is 0 Å². The van der Waals surface area contributed by atoms with Gasteiger partial charge < -0.3 is 10.6 Å². The van der Waals surface area contributed by atoms with Crippen LogP contribution in [0, 0.1) is 5.92 Å². The van der Waals surface area contributed by atoms with Crippen molar-refractivity contribution in [3.63, 3.8) is 0 Å². The number of rotatable bonds is 4. The van der Waals surface area contributed by atoms with Gasteiger partial charge in [-0.2, -0.15) is 0 Å². The maximum absolute atomic E-state index is 12.4. The van der Waals surface area contributed by atoms with E-state index in [1.54, 1.807) is 30.1 Å². The van der Waals surface area contributed by atoms with E-state index in [-0.39, 0.29) is 11.9 Å². The van der Waals surface area contributed by atoms with Gasteiger partial charge in [-0.15, -0.1) is 0 Å². The van der Waals surface area contributed by atoms with Gasteiger partial charge in [0, 0.05) is 24.7 Å². The molecule has 0 heterocycles. The number of carbonyl (C=O) groups excluding carboxylic acids is 1. The molecule has 1 atom stereocenters. The van der Waals surface area contributed by atoms with Gasteiger partial charge in [0.2, 0.25) is 0 Å². The van der Waals surface area contributed by atoms with Crippen LogP contribution in [0.5, 0.6) is 0 Å². The third-order valence-electron chi connectivity index (χ3n) is 3.39. The van der Waals surface area contributed by atoms with Gasteiger partial charge in [-0.3, -0.25) is 4.79 Å². The fourth-order valence-corrected chi connectivity index (χ4v) is 2.64. The van der Waals surface area contributed by atoms with Gasteiger partial charge in [0.15, 0.2) is 0 Å². The van der Waals surface area contributed by atoms with Crippen LogP contribution in [0.4, 0.5) is 0 Å². The van der Waals surface area contributed by atoms with Crippen LogP contribution < -0.4 is 5.73 Å². The number of nitrogens with zero attached hydrogens (tertiary/aromatic N) is 1. The SMILES string of the molecule is CN(C(=O)c1ccc(Cl)cc1Cl)C(CN)C1CC1. The smallest absolute Gasteiger partial charge is 0.255 e. The predicted octanol–water partition coefficient (Wildman–Crippen LogP) is 2.80. The normalized spacial score (nSPS) is 16.4. The minimum atomic E-state index is -0.0981. The van der Waals surface area contributed by atoms with Crippen molar-refractivity contribution < 1.29 is 4.79 Å². The van der Waals surface area contributed by atoms with Crippen molar-refractivity contribution >= 4 is 29.1 Å². The number of likely N-dealkylation sites (N-methyl/N-ethyl adjacent to an activating group) is 1. The Hall–Kier alpha value is -0.770. The van der Waals surface area contributed by atoms with Gasteiger partial charge in [-0.05, 0) is 37.0 Å². The summed E-state index contributed by atoms with van der Waals surface area (Å²) in [7, 11) is 1.78. The summed E-state index contributed by atoms with van der Waals surface area (Å²) < 4.78 is 0. The first-order valence-corrected chi connectivity index (χ1v) is 6.72. The van der Waals surface area contributed by atoms with Crippen molar-refractivity contribution in [2.45, 2.75) is 18.9 Å². The summed E-state index contributed by atoms with van der Waals surface area (Å²) in [6.07, 6.45) is 2.29. The van der Waals surface area contributed by atoms with E-state index in [0.29, 0.717) is 28.1 Å². The fourth-order valence-electron chi connectivity index (χ4n) is 2.15. The van der Waals surface area contributed by atoms with Crippen LogP contribution in [0.25, 0.3) is 0 Å². The Kier molecular flexibility index (Phi) is 4.15. The zero-order valence-electron chi connectivity index (χ0n) is 10.2. The highest BCUT2D eigenvalue weighted by molar-refractivity contribution is 6.36. The van der Waals surface area contributed by atoms with Gasteiger partial charge in [0.25, 0.3) is 5.91 Å². The van der Waals surface area contributed by atoms with Crippen LogP contribution in [0.2, 0.25) is 10.0 Å². The van der Waals surface area contributed by atoms with Crippen molar-refractivity contribution in [1.29, 1.82) is 0 Å². The minimum absolute atomic E-state index is 0.0981. The summed E-state index contributed by atoms with van der Waals surface area (Å²) in [6, 6.07) is 5.01. The van der Waals surface area contributed by atoms with E-state index >= 15 is 0 Å². The Morgan fingerprint density at radius 1 is 1.50 bits per heavy atom. The first-order chi connectivity index (χ1) is 8.54. The maximum atomic E-state index is 12.4. The Labute approximate surface area is 117 Å². The number of hydrogen-bond acceptors (Lipinski definition) is 2. The molecule has 1 aliphatic rings. The molecular weight excluding hydrogens is 271 g/mol. The molecule has 1 fully saturated rings. The fraction of sp³-hybridized carbons (Fsp3) is 0.462. The van der Waals surface area contributed by atoms with Crippen molar-refractivity contribution in [2.75, 3.05) is 13.6 Å². The second kappa shape index (κ2) is 5.47. The Bertz CT molecular complexity index is 460. The van der Waals surface area contributed by atoms with Crippen LogP contribution in [0.1, 0.15) is 23.2 Å². The highest BCUT2D eigenvalue weighted by Crippen LogP contribution is 2.35. The van der Waals surface area contributed by atoms with E-state index in [1.165, 1.54) is 0 Å². The molecule has 1 aromatic carbocycles. The van der Waals surface area contributed by atoms with Gasteiger partial charge in [-0.1, -0.05) is 23.2 Å². The number of benzene rings is 1. The summed E-state index contributed by atoms with van der Waals surface area (Å²) in [6.45, 7) is 0.484. The summed E-state index contributed by atoms with van der Waals surface area (Å²) in [4.78, 5) is 14.1. The largest absolute Gasteiger partial charge is 0.337 e. The molecule has 5 heteroatoms. The van der Waals surface area contributed by atoms with E-state index < -0.39 is 0 Å². The molecule has 0 radical (unpaired) electrons. The lowest BCUT2D eigenvalue weighted by atomic mass is 10.1. The molecule has 1 saturated carbocycles. The van der Waals surface area contributed by atoms with Gasteiger partial charge in [0.1, 0.15) is 0 Å². The van der Waals surface area contributed by atoms with Crippen LogP contribution in [0.3, 0.4) is 0 Å². The topological polar surface area (TPSA) is 46.3 Å². The molecule has 1 aromatic rings. The molecule has 0 saturated heterocycles. The highest BCUT2D eigenvalue weighted by atomic mass is 35.5. The van der Waals surface area contributed by atoms with E-state index in [0.717, 1.165) is 12.8 Å². The molecule has 0 aromatic heterocycles. The lowest BCUT2D eigenvalue weighted by Gasteiger charge is -2.27. The summed E-state index contributed by atoms with van der Waals surface area (Å²) in [5, 5.41) is 0.905. The van der Waals surface area contributed by atoms with Crippen LogP contribution in [-0.4, -0.2) is 30.4 Å². The summed E-state index contributed by atoms with van der Waals surface area (Å²) in [5.74, 6) is 0.439. The number of amides is 1. The van der Waals surface area contributed by atoms with Gasteiger partial charge in [0.05, 0.1) is 10.6 Å². The third kappa shape index (κ3) is 2.79. The lowest BCUT2D eigenvalue weighted by molar-refractivity contribution is 0.0719. The molecule has 1 aliphatic carbocycles. The van der Waals surface area contributed by atoms with Crippen molar-refractivity contribution in [2.24, 2.45) is 11.7 Å². The minimum Gasteiger partial charge on any atom is -0.337 e. The zero-order chi connectivity index (χ0) is 13.3. The lowest BCUT2D eigenvalue weighted by Crippen LogP contribution is -2.43. The molecular formula is C13H16Cl2N2O. The van der Waals surface area contributed by atoms with E-state index in [4.69, 9.17) is 28.9 Å². The van der Waals surface area contributed by atoms with Crippen molar-refractivity contribution in [3.8, 4) is 0 Å². The molecule has 3 nitrogen and oxygen atoms in total. The van der Waals surface area contributed by atoms with Crippen LogP contribution in [-0.2, 0) is 0 Å². The van der Waals surface area contributed by atoms with E-state index in [9.17, 15) is 4.79 Å². The predicted molar refractivity (Wildman–Crippen MR) is 74.1 cm³/mol. The first-order valence-electron chi connectivity index (χ1n) is 5.97. The monoisotopic (exact) mass is 286 g/mol. The van der Waals surface area contributed by atoms with Crippen molar-refractivity contribution in [3.05, 3.63) is 33.8 Å². The Morgan fingerprint density at radius 3 is 2.67 bits per heavy atom. The molecule has 98 valence electrons. The second-order valence-corrected chi connectivity index (χ2v) is 5.52. The van der Waals surface area contributed by atoms with Gasteiger partial charge in [-0.25, -0.2) is 0 Å². The molecule has 18 heavy (non-hydrogen) atoms. The number of halogens is 2. The standard InChI is InChI=1S/C13H16Cl2N2O/c1-17(12(7-16)8-2-3-8)13(18)10-5-4-9(14)6-11(10)15/h4-6,8,12H,2-3,7,16H2,1H3. The molecule has 2 rings (SSSR count). The van der Waals surface area contributed by atoms with Crippen molar-refractivity contribution in [1.82, 2.24) is 4.90 Å². The molecule has 0 bridgehead atoms. The quantitative estimate of drug-likeness (QED) is 0.925. The molecule has 0 spiro atoms.